The molecule has 9 heteroatoms. The number of alkyl halides is 1. The molecule has 7 atom stereocenters. The molecule has 2 bridgehead atoms. The molecule has 3 heterocycles. The minimum Gasteiger partial charge on any atom is -0.461 e. The van der Waals surface area contributed by atoms with Crippen LogP contribution in [-0.2, 0) is 23.9 Å². The summed E-state index contributed by atoms with van der Waals surface area (Å²) < 4.78 is 11.7. The van der Waals surface area contributed by atoms with Crippen LogP contribution < -0.4 is 0 Å². The van der Waals surface area contributed by atoms with E-state index in [1.165, 1.54) is 11.0 Å². The number of likely N-dealkylation sites (tertiary alicyclic amines) is 1. The molecule has 178 valence electrons. The highest BCUT2D eigenvalue weighted by Gasteiger charge is 2.77. The Balaban J connectivity index is 2.11. The van der Waals surface area contributed by atoms with Crippen molar-refractivity contribution in [1.82, 2.24) is 9.80 Å². The Morgan fingerprint density at radius 2 is 2.06 bits per heavy atom. The van der Waals surface area contributed by atoms with Gasteiger partial charge in [0.15, 0.2) is 0 Å². The molecule has 3 aliphatic heterocycles. The maximum absolute atomic E-state index is 14.0. The molecular weight excluding hydrogens is 480 g/mol. The SMILES string of the molecule is C=CCOC(=O)[C@H]1[C@H]2C(=O)N([C@H](C)CO)C(C(=O)N(CC=C)C(C)(C)C)C23CC(Br)[C@@H]1O3. The Bertz CT molecular complexity index is 811. The third kappa shape index (κ3) is 3.72. The largest absolute Gasteiger partial charge is 0.461 e. The van der Waals surface area contributed by atoms with Gasteiger partial charge < -0.3 is 24.4 Å². The highest BCUT2D eigenvalue weighted by Crippen LogP contribution is 2.60. The maximum Gasteiger partial charge on any atom is 0.312 e. The molecule has 3 aliphatic rings. The number of hydrogen-bond acceptors (Lipinski definition) is 6. The molecule has 3 unspecified atom stereocenters. The van der Waals surface area contributed by atoms with Crippen molar-refractivity contribution >= 4 is 33.7 Å². The van der Waals surface area contributed by atoms with Crippen LogP contribution >= 0.6 is 15.9 Å². The van der Waals surface area contributed by atoms with Crippen LogP contribution in [0.4, 0.5) is 0 Å². The van der Waals surface area contributed by atoms with Crippen molar-refractivity contribution in [2.45, 2.75) is 68.3 Å². The quantitative estimate of drug-likeness (QED) is 0.301. The van der Waals surface area contributed by atoms with Gasteiger partial charge in [0, 0.05) is 16.9 Å². The monoisotopic (exact) mass is 512 g/mol. The lowest BCUT2D eigenvalue weighted by molar-refractivity contribution is -0.156. The van der Waals surface area contributed by atoms with Gasteiger partial charge in [0.05, 0.1) is 30.6 Å². The number of aliphatic hydroxyl groups excluding tert-OH is 1. The predicted octanol–water partition coefficient (Wildman–Crippen LogP) is 1.66. The van der Waals surface area contributed by atoms with Gasteiger partial charge >= 0.3 is 5.97 Å². The van der Waals surface area contributed by atoms with Crippen molar-refractivity contribution in [2.75, 3.05) is 19.8 Å². The molecule has 0 aromatic rings. The molecule has 0 aromatic heterocycles. The summed E-state index contributed by atoms with van der Waals surface area (Å²) in [4.78, 5) is 43.5. The first-order valence-electron chi connectivity index (χ1n) is 10.9. The first-order valence-corrected chi connectivity index (χ1v) is 11.8. The zero-order valence-corrected chi connectivity index (χ0v) is 20.7. The Kier molecular flexibility index (Phi) is 6.94. The van der Waals surface area contributed by atoms with Crippen LogP contribution in [0.25, 0.3) is 0 Å². The number of aliphatic hydroxyl groups is 1. The summed E-state index contributed by atoms with van der Waals surface area (Å²) in [6.07, 6.45) is 2.93. The molecule has 3 saturated heterocycles. The van der Waals surface area contributed by atoms with Crippen LogP contribution in [0.1, 0.15) is 34.1 Å². The van der Waals surface area contributed by atoms with E-state index in [9.17, 15) is 19.5 Å². The van der Waals surface area contributed by atoms with Crippen LogP contribution in [-0.4, -0.2) is 86.6 Å². The molecule has 2 amide bonds. The van der Waals surface area contributed by atoms with E-state index in [2.05, 4.69) is 29.1 Å². The predicted molar refractivity (Wildman–Crippen MR) is 122 cm³/mol. The van der Waals surface area contributed by atoms with Crippen LogP contribution in [0.5, 0.6) is 0 Å². The zero-order valence-electron chi connectivity index (χ0n) is 19.1. The fourth-order valence-corrected chi connectivity index (χ4v) is 6.33. The molecule has 8 nitrogen and oxygen atoms in total. The number of carbonyl (C=O) groups excluding carboxylic acids is 3. The van der Waals surface area contributed by atoms with E-state index in [0.717, 1.165) is 0 Å². The third-order valence-electron chi connectivity index (χ3n) is 6.70. The van der Waals surface area contributed by atoms with E-state index in [1.807, 2.05) is 20.8 Å². The molecule has 0 aliphatic carbocycles. The lowest BCUT2D eigenvalue weighted by Gasteiger charge is -2.43. The van der Waals surface area contributed by atoms with Crippen molar-refractivity contribution < 1.29 is 29.0 Å². The third-order valence-corrected chi connectivity index (χ3v) is 7.55. The lowest BCUT2D eigenvalue weighted by atomic mass is 9.70. The van der Waals surface area contributed by atoms with Crippen LogP contribution in [0.3, 0.4) is 0 Å². The summed E-state index contributed by atoms with van der Waals surface area (Å²) in [7, 11) is 0. The topological polar surface area (TPSA) is 96.4 Å². The van der Waals surface area contributed by atoms with E-state index >= 15 is 0 Å². The van der Waals surface area contributed by atoms with Crippen molar-refractivity contribution in [3.8, 4) is 0 Å². The van der Waals surface area contributed by atoms with Gasteiger partial charge in [-0.25, -0.2) is 0 Å². The van der Waals surface area contributed by atoms with Crippen LogP contribution in [0.15, 0.2) is 25.3 Å². The Morgan fingerprint density at radius 1 is 1.41 bits per heavy atom. The lowest BCUT2D eigenvalue weighted by Crippen LogP contribution is -2.61. The minimum absolute atomic E-state index is 0.0270. The molecule has 0 saturated carbocycles. The van der Waals surface area contributed by atoms with E-state index < -0.39 is 47.1 Å². The van der Waals surface area contributed by atoms with Gasteiger partial charge in [-0.15, -0.1) is 6.58 Å². The Hall–Kier alpha value is -1.71. The smallest absolute Gasteiger partial charge is 0.312 e. The number of nitrogens with zero attached hydrogens (tertiary/aromatic N) is 2. The molecule has 32 heavy (non-hydrogen) atoms. The zero-order chi connectivity index (χ0) is 24.0. The summed E-state index contributed by atoms with van der Waals surface area (Å²) in [5.74, 6) is -2.88. The molecule has 0 radical (unpaired) electrons. The van der Waals surface area contributed by atoms with Gasteiger partial charge in [-0.1, -0.05) is 34.7 Å². The number of ether oxygens (including phenoxy) is 2. The second kappa shape index (κ2) is 8.91. The van der Waals surface area contributed by atoms with E-state index in [4.69, 9.17) is 9.47 Å². The second-order valence-electron chi connectivity index (χ2n) is 9.77. The molecule has 0 aromatic carbocycles. The van der Waals surface area contributed by atoms with E-state index in [-0.39, 0.29) is 29.9 Å². The second-order valence-corrected chi connectivity index (χ2v) is 10.9. The van der Waals surface area contributed by atoms with Crippen molar-refractivity contribution in [3.05, 3.63) is 25.3 Å². The average molecular weight is 513 g/mol. The van der Waals surface area contributed by atoms with Crippen LogP contribution in [0.2, 0.25) is 0 Å². The first kappa shape index (κ1) is 24.9. The minimum atomic E-state index is -1.18. The summed E-state index contributed by atoms with van der Waals surface area (Å²) in [5.41, 5.74) is -1.72. The van der Waals surface area contributed by atoms with E-state index in [1.54, 1.807) is 17.9 Å². The first-order chi connectivity index (χ1) is 15.0. The fraction of sp³-hybridized carbons (Fsp3) is 0.696. The van der Waals surface area contributed by atoms with Gasteiger partial charge in [0.1, 0.15) is 18.2 Å². The van der Waals surface area contributed by atoms with Crippen molar-refractivity contribution in [1.29, 1.82) is 0 Å². The number of carbonyl (C=O) groups is 3. The highest BCUT2D eigenvalue weighted by atomic mass is 79.9. The van der Waals surface area contributed by atoms with Gasteiger partial charge in [0.25, 0.3) is 0 Å². The molecule has 3 fully saturated rings. The standard InChI is InChI=1S/C23H33BrN2O6/c1-7-9-25(22(4,5)6)20(29)18-23-11-14(24)17(32-23)15(21(30)31-10-8-2)16(23)19(28)26(18)13(3)12-27/h7-8,13-18,27H,1-2,9-12H2,3-6H3/t13-,14?,15+,16+,17+,18?,23?/m1/s1. The normalized spacial score (nSPS) is 34.2. The maximum atomic E-state index is 14.0. The van der Waals surface area contributed by atoms with Crippen LogP contribution in [0, 0.1) is 11.8 Å². The summed E-state index contributed by atoms with van der Waals surface area (Å²) in [5, 5.41) is 9.90. The van der Waals surface area contributed by atoms with E-state index in [0.29, 0.717) is 13.0 Å². The number of esters is 1. The van der Waals surface area contributed by atoms with Gasteiger partial charge in [-0.05, 0) is 34.1 Å². The molecule has 3 rings (SSSR count). The van der Waals surface area contributed by atoms with Gasteiger partial charge in [-0.3, -0.25) is 14.4 Å². The molecule has 1 spiro atoms. The van der Waals surface area contributed by atoms with Gasteiger partial charge in [-0.2, -0.15) is 0 Å². The highest BCUT2D eigenvalue weighted by molar-refractivity contribution is 9.09. The number of fused-ring (bicyclic) bond motifs is 1. The molecular formula is C23H33BrN2O6. The molecule has 1 N–H and O–H groups in total. The average Bonchev–Trinajstić information content (AvgIpc) is 3.31. The fourth-order valence-electron chi connectivity index (χ4n) is 5.39. The summed E-state index contributed by atoms with van der Waals surface area (Å²) >= 11 is 3.61. The Morgan fingerprint density at radius 3 is 2.59 bits per heavy atom. The number of amides is 2. The summed E-state index contributed by atoms with van der Waals surface area (Å²) in [6.45, 7) is 14.8. The Labute approximate surface area is 197 Å². The number of halogens is 1. The van der Waals surface area contributed by atoms with Crippen molar-refractivity contribution in [3.63, 3.8) is 0 Å². The van der Waals surface area contributed by atoms with Crippen molar-refractivity contribution in [2.24, 2.45) is 11.8 Å². The van der Waals surface area contributed by atoms with Gasteiger partial charge in [0.2, 0.25) is 11.8 Å². The number of rotatable bonds is 8. The summed E-state index contributed by atoms with van der Waals surface area (Å²) in [6, 6.07) is -1.59. The number of hydrogen-bond donors (Lipinski definition) is 1.